The number of likely N-dealkylation sites (tertiary alicyclic amines) is 1. The van der Waals surface area contributed by atoms with Gasteiger partial charge >= 0.3 is 12.1 Å². The summed E-state index contributed by atoms with van der Waals surface area (Å²) in [5.74, 6) is -2.32. The second-order valence-corrected chi connectivity index (χ2v) is 11.6. The Morgan fingerprint density at radius 3 is 2.39 bits per heavy atom. The number of esters is 1. The van der Waals surface area contributed by atoms with Gasteiger partial charge < -0.3 is 9.47 Å². The molecular weight excluding hydrogens is 537 g/mol. The molecule has 2 saturated heterocycles. The number of carbonyl (C=O) groups is 2. The van der Waals surface area contributed by atoms with Crippen molar-refractivity contribution in [2.45, 2.75) is 58.0 Å². The maximum atomic E-state index is 15.2. The van der Waals surface area contributed by atoms with E-state index in [1.807, 2.05) is 27.0 Å². The first-order chi connectivity index (χ1) is 19.4. The minimum Gasteiger partial charge on any atom is -0.465 e. The van der Waals surface area contributed by atoms with Crippen LogP contribution in [0.3, 0.4) is 0 Å². The second kappa shape index (κ2) is 10.8. The number of piperidine rings is 1. The lowest BCUT2D eigenvalue weighted by atomic mass is 9.91. The molecular formula is C30H33F3N4O4. The van der Waals surface area contributed by atoms with Crippen molar-refractivity contribution >= 4 is 17.7 Å². The van der Waals surface area contributed by atoms with Gasteiger partial charge in [-0.05, 0) is 57.2 Å². The number of rotatable bonds is 6. The van der Waals surface area contributed by atoms with Crippen molar-refractivity contribution in [2.24, 2.45) is 0 Å². The molecule has 1 amide bonds. The van der Waals surface area contributed by atoms with E-state index in [2.05, 4.69) is 10.00 Å². The fourth-order valence-corrected chi connectivity index (χ4v) is 5.34. The summed E-state index contributed by atoms with van der Waals surface area (Å²) in [5.41, 5.74) is 0.525. The molecule has 2 aliphatic heterocycles. The summed E-state index contributed by atoms with van der Waals surface area (Å²) in [6.07, 6.45) is 2.60. The molecule has 5 rings (SSSR count). The average molecular weight is 571 g/mol. The lowest BCUT2D eigenvalue weighted by Crippen LogP contribution is -2.46. The van der Waals surface area contributed by atoms with Gasteiger partial charge in [0.05, 0.1) is 36.0 Å². The first kappa shape index (κ1) is 28.7. The molecule has 2 fully saturated rings. The number of alkyl halides is 1. The number of hydrogen-bond acceptors (Lipinski definition) is 6. The van der Waals surface area contributed by atoms with E-state index in [9.17, 15) is 18.4 Å². The van der Waals surface area contributed by atoms with Crippen LogP contribution in [0.1, 0.15) is 55.1 Å². The van der Waals surface area contributed by atoms with Crippen molar-refractivity contribution < 1.29 is 32.2 Å². The van der Waals surface area contributed by atoms with Crippen molar-refractivity contribution in [1.29, 1.82) is 0 Å². The molecule has 3 heterocycles. The predicted molar refractivity (Wildman–Crippen MR) is 146 cm³/mol. The number of benzene rings is 2. The van der Waals surface area contributed by atoms with E-state index in [0.29, 0.717) is 56.0 Å². The Hall–Kier alpha value is -3.86. The summed E-state index contributed by atoms with van der Waals surface area (Å²) in [6, 6.07) is 8.98. The molecule has 1 spiro atoms. The lowest BCUT2D eigenvalue weighted by Gasteiger charge is -2.37. The molecule has 0 saturated carbocycles. The van der Waals surface area contributed by atoms with Gasteiger partial charge in [-0.15, -0.1) is 0 Å². The van der Waals surface area contributed by atoms with Gasteiger partial charge in [-0.25, -0.2) is 22.8 Å². The zero-order valence-corrected chi connectivity index (χ0v) is 23.5. The number of anilines is 1. The van der Waals surface area contributed by atoms with Crippen LogP contribution in [0.5, 0.6) is 0 Å². The van der Waals surface area contributed by atoms with Crippen molar-refractivity contribution in [3.8, 4) is 11.3 Å². The van der Waals surface area contributed by atoms with Gasteiger partial charge in [0.15, 0.2) is 0 Å². The minimum atomic E-state index is -1.25. The highest BCUT2D eigenvalue weighted by Crippen LogP contribution is 2.37. The van der Waals surface area contributed by atoms with Crippen LogP contribution in [-0.2, 0) is 28.2 Å². The molecule has 3 aromatic rings. The Balaban J connectivity index is 1.32. The van der Waals surface area contributed by atoms with Crippen LogP contribution in [0.4, 0.5) is 23.7 Å². The van der Waals surface area contributed by atoms with Crippen LogP contribution >= 0.6 is 0 Å². The van der Waals surface area contributed by atoms with Crippen molar-refractivity contribution in [3.05, 3.63) is 70.9 Å². The van der Waals surface area contributed by atoms with Crippen LogP contribution < -0.4 is 4.90 Å². The highest BCUT2D eigenvalue weighted by molar-refractivity contribution is 5.93. The lowest BCUT2D eigenvalue weighted by molar-refractivity contribution is -0.000951. The number of amides is 1. The summed E-state index contributed by atoms with van der Waals surface area (Å²) < 4.78 is 54.9. The molecule has 2 aromatic carbocycles. The summed E-state index contributed by atoms with van der Waals surface area (Å²) in [6.45, 7) is 6.71. The molecule has 0 unspecified atom stereocenters. The van der Waals surface area contributed by atoms with Gasteiger partial charge in [0, 0.05) is 55.5 Å². The number of ether oxygens (including phenoxy) is 2. The number of halogens is 3. The fraction of sp³-hybridized carbons (Fsp3) is 0.433. The number of hydrogen-bond donors (Lipinski definition) is 0. The third-order valence-corrected chi connectivity index (χ3v) is 7.78. The topological polar surface area (TPSA) is 76.9 Å². The third kappa shape index (κ3) is 5.55. The largest absolute Gasteiger partial charge is 0.465 e. The second-order valence-electron chi connectivity index (χ2n) is 11.6. The zero-order valence-electron chi connectivity index (χ0n) is 23.5. The Bertz CT molecular complexity index is 1460. The first-order valence-corrected chi connectivity index (χ1v) is 13.5. The Labute approximate surface area is 236 Å². The molecule has 8 nitrogen and oxygen atoms in total. The summed E-state index contributed by atoms with van der Waals surface area (Å²) in [4.78, 5) is 28.3. The fourth-order valence-electron chi connectivity index (χ4n) is 5.34. The maximum Gasteiger partial charge on any atom is 0.415 e. The molecule has 0 N–H and O–H groups in total. The monoisotopic (exact) mass is 570 g/mol. The van der Waals surface area contributed by atoms with Gasteiger partial charge in [0.2, 0.25) is 0 Å². The molecule has 0 atom stereocenters. The predicted octanol–water partition coefficient (Wildman–Crippen LogP) is 5.83. The summed E-state index contributed by atoms with van der Waals surface area (Å²) in [7, 11) is 1.31. The maximum absolute atomic E-state index is 15.2. The van der Waals surface area contributed by atoms with Crippen molar-refractivity contribution in [1.82, 2.24) is 14.7 Å². The van der Waals surface area contributed by atoms with E-state index < -0.39 is 47.1 Å². The van der Waals surface area contributed by atoms with Crippen LogP contribution in [0.15, 0.2) is 42.6 Å². The van der Waals surface area contributed by atoms with E-state index in [-0.39, 0.29) is 5.56 Å². The van der Waals surface area contributed by atoms with Gasteiger partial charge in [-0.3, -0.25) is 14.5 Å². The van der Waals surface area contributed by atoms with E-state index in [4.69, 9.17) is 9.47 Å². The Kier molecular flexibility index (Phi) is 7.58. The smallest absolute Gasteiger partial charge is 0.415 e. The summed E-state index contributed by atoms with van der Waals surface area (Å²) >= 11 is 0. The number of carbonyl (C=O) groups excluding carboxylic acids is 2. The van der Waals surface area contributed by atoms with Crippen LogP contribution in [0.2, 0.25) is 0 Å². The van der Waals surface area contributed by atoms with Gasteiger partial charge in [-0.1, -0.05) is 0 Å². The molecule has 11 heteroatoms. The zero-order chi connectivity index (χ0) is 29.5. The quantitative estimate of drug-likeness (QED) is 0.347. The highest BCUT2D eigenvalue weighted by atomic mass is 19.1. The molecule has 1 aromatic heterocycles. The van der Waals surface area contributed by atoms with Gasteiger partial charge in [-0.2, -0.15) is 5.10 Å². The van der Waals surface area contributed by atoms with E-state index >= 15 is 4.39 Å². The van der Waals surface area contributed by atoms with Crippen LogP contribution in [-0.4, -0.2) is 59.1 Å². The SMILES string of the molecule is COC(=O)c1ccc(N2CC3(CCN(Cc4cn(C(C)(C)C)nc4-c4ccc(F)c(CF)c4F)CC3)OC2=O)cc1. The van der Waals surface area contributed by atoms with Crippen LogP contribution in [0.25, 0.3) is 11.3 Å². The molecule has 218 valence electrons. The first-order valence-electron chi connectivity index (χ1n) is 13.5. The standard InChI is InChI=1S/C30H33F3N4O4/c1-29(2,3)37-17-20(26(34-37)22-9-10-24(32)23(15-31)25(22)33)16-35-13-11-30(12-14-35)18-36(28(39)41-30)21-7-5-19(6-8-21)27(38)40-4/h5-10,17H,11-16,18H2,1-4H3. The molecule has 0 bridgehead atoms. The number of aromatic nitrogens is 2. The molecule has 0 radical (unpaired) electrons. The normalized spacial score (nSPS) is 17.2. The number of methoxy groups -OCH3 is 1. The van der Waals surface area contributed by atoms with E-state index in [1.165, 1.54) is 13.2 Å². The van der Waals surface area contributed by atoms with E-state index in [0.717, 1.165) is 11.6 Å². The Morgan fingerprint density at radius 1 is 1.10 bits per heavy atom. The molecule has 0 aliphatic carbocycles. The van der Waals surface area contributed by atoms with E-state index in [1.54, 1.807) is 33.8 Å². The highest BCUT2D eigenvalue weighted by Gasteiger charge is 2.47. The van der Waals surface area contributed by atoms with Crippen molar-refractivity contribution in [2.75, 3.05) is 31.6 Å². The Morgan fingerprint density at radius 2 is 1.78 bits per heavy atom. The molecule has 41 heavy (non-hydrogen) atoms. The van der Waals surface area contributed by atoms with Crippen molar-refractivity contribution in [3.63, 3.8) is 0 Å². The van der Waals surface area contributed by atoms with Gasteiger partial charge in [0.1, 0.15) is 23.9 Å². The number of nitrogens with zero attached hydrogens (tertiary/aromatic N) is 4. The molecule has 2 aliphatic rings. The minimum absolute atomic E-state index is 0.0594. The average Bonchev–Trinajstić information content (AvgIpc) is 3.51. The van der Waals surface area contributed by atoms with Crippen LogP contribution in [0, 0.1) is 11.6 Å². The third-order valence-electron chi connectivity index (χ3n) is 7.78. The summed E-state index contributed by atoms with van der Waals surface area (Å²) in [5, 5.41) is 4.63. The van der Waals surface area contributed by atoms with Gasteiger partial charge in [0.25, 0.3) is 0 Å².